The van der Waals surface area contributed by atoms with Crippen LogP contribution in [0.1, 0.15) is 56.4 Å². The molecule has 0 bridgehead atoms. The van der Waals surface area contributed by atoms with Crippen molar-refractivity contribution in [2.45, 2.75) is 56.6 Å². The van der Waals surface area contributed by atoms with E-state index in [1.807, 2.05) is 13.0 Å². The molecule has 0 radical (unpaired) electrons. The van der Waals surface area contributed by atoms with E-state index in [0.29, 0.717) is 17.7 Å². The molecule has 0 spiro atoms. The number of thiophene rings is 1. The Morgan fingerprint density at radius 2 is 2.19 bits per heavy atom. The van der Waals surface area contributed by atoms with Gasteiger partial charge in [-0.05, 0) is 55.7 Å². The molecule has 7 heteroatoms. The van der Waals surface area contributed by atoms with Crippen LogP contribution in [0.5, 0.6) is 0 Å². The molecule has 4 rings (SSSR count). The van der Waals surface area contributed by atoms with Crippen molar-refractivity contribution in [3.8, 4) is 0 Å². The lowest BCUT2D eigenvalue weighted by Gasteiger charge is -2.34. The van der Waals surface area contributed by atoms with Crippen LogP contribution >= 0.6 is 23.1 Å². The average molecular weight is 454 g/mol. The number of nitrogens with zero attached hydrogens (tertiary/aromatic N) is 1. The minimum atomic E-state index is -0.341. The minimum absolute atomic E-state index is 0.148. The highest BCUT2D eigenvalue weighted by Crippen LogP contribution is 2.47. The fraction of sp³-hybridized carbons (Fsp3) is 0.375. The van der Waals surface area contributed by atoms with Gasteiger partial charge in [0.1, 0.15) is 0 Å². The van der Waals surface area contributed by atoms with Gasteiger partial charge in [0.25, 0.3) is 5.91 Å². The van der Waals surface area contributed by atoms with Crippen LogP contribution in [-0.2, 0) is 16.0 Å². The number of amides is 1. The number of rotatable bonds is 6. The summed E-state index contributed by atoms with van der Waals surface area (Å²) in [5.74, 6) is 0.562. The summed E-state index contributed by atoms with van der Waals surface area (Å²) in [5, 5.41) is 6.38. The first-order chi connectivity index (χ1) is 15.0. The number of hydrogen-bond acceptors (Lipinski definition) is 6. The van der Waals surface area contributed by atoms with E-state index in [9.17, 15) is 9.59 Å². The van der Waals surface area contributed by atoms with Gasteiger partial charge in [0.05, 0.1) is 16.1 Å². The van der Waals surface area contributed by atoms with Crippen molar-refractivity contribution >= 4 is 40.5 Å². The van der Waals surface area contributed by atoms with Gasteiger partial charge in [-0.1, -0.05) is 13.8 Å². The van der Waals surface area contributed by atoms with E-state index in [1.54, 1.807) is 41.6 Å². The number of ketones is 1. The summed E-state index contributed by atoms with van der Waals surface area (Å²) in [6.45, 7) is 6.22. The molecule has 0 fully saturated rings. The Hall–Kier alpha value is -2.38. The molecule has 0 saturated carbocycles. The number of dihydropyridines is 1. The van der Waals surface area contributed by atoms with Gasteiger partial charge in [0.2, 0.25) is 0 Å². The summed E-state index contributed by atoms with van der Waals surface area (Å²) in [6.07, 6.45) is 6.47. The largest absolute Gasteiger partial charge is 0.362 e. The summed E-state index contributed by atoms with van der Waals surface area (Å²) in [5.41, 5.74) is 4.92. The summed E-state index contributed by atoms with van der Waals surface area (Å²) in [6, 6.07) is 5.82. The number of aromatic nitrogens is 1. The van der Waals surface area contributed by atoms with Crippen LogP contribution < -0.4 is 10.6 Å². The minimum Gasteiger partial charge on any atom is -0.362 e. The Morgan fingerprint density at radius 3 is 2.90 bits per heavy atom. The fourth-order valence-corrected chi connectivity index (χ4v) is 6.67. The molecule has 1 atom stereocenters. The van der Waals surface area contributed by atoms with Gasteiger partial charge >= 0.3 is 0 Å². The molecule has 2 aliphatic rings. The molecule has 0 saturated heterocycles. The normalized spacial score (nSPS) is 18.7. The zero-order valence-electron chi connectivity index (χ0n) is 18.1. The number of pyridine rings is 1. The second kappa shape index (κ2) is 9.40. The predicted molar refractivity (Wildman–Crippen MR) is 127 cm³/mol. The van der Waals surface area contributed by atoms with Crippen LogP contribution in [-0.4, -0.2) is 22.4 Å². The van der Waals surface area contributed by atoms with Crippen molar-refractivity contribution in [1.82, 2.24) is 10.3 Å². The number of thioether (sulfide) groups is 1. The number of aryl methyl sites for hydroxylation is 1. The maximum atomic E-state index is 13.5. The quantitative estimate of drug-likeness (QED) is 0.571. The van der Waals surface area contributed by atoms with Crippen molar-refractivity contribution < 1.29 is 9.59 Å². The predicted octanol–water partition coefficient (Wildman–Crippen LogP) is 5.42. The summed E-state index contributed by atoms with van der Waals surface area (Å²) >= 11 is 3.57. The second-order valence-electron chi connectivity index (χ2n) is 7.70. The Bertz CT molecular complexity index is 1070. The van der Waals surface area contributed by atoms with Gasteiger partial charge in [0.15, 0.2) is 5.78 Å². The number of hydrogen-bond donors (Lipinski definition) is 2. The molecule has 31 heavy (non-hydrogen) atoms. The van der Waals surface area contributed by atoms with E-state index >= 15 is 0 Å². The number of carbonyl (C=O) groups excluding carboxylic acids is 2. The molecule has 1 aliphatic heterocycles. The molecule has 2 aromatic rings. The Morgan fingerprint density at radius 1 is 1.35 bits per heavy atom. The van der Waals surface area contributed by atoms with Crippen LogP contribution in [0.3, 0.4) is 0 Å². The highest BCUT2D eigenvalue weighted by atomic mass is 32.2. The molecule has 162 valence electrons. The van der Waals surface area contributed by atoms with Gasteiger partial charge in [-0.15, -0.1) is 23.1 Å². The standard InChI is InChI=1S/C24H27N3O2S2/c1-4-16-12-17(24(31-16)30-5-2)21-20(23(29)27-15-8-7-11-25-13-15)14(3)26-18-9-6-10-19(28)22(18)21/h7-8,11-13,21,26H,4-6,9-10H2,1-3H3,(H,27,29). The summed E-state index contributed by atoms with van der Waals surface area (Å²) < 4.78 is 1.20. The van der Waals surface area contributed by atoms with Crippen LogP contribution in [0.4, 0.5) is 5.69 Å². The van der Waals surface area contributed by atoms with E-state index in [-0.39, 0.29) is 17.6 Å². The van der Waals surface area contributed by atoms with E-state index in [4.69, 9.17) is 0 Å². The molecular formula is C24H27N3O2S2. The van der Waals surface area contributed by atoms with Crippen molar-refractivity contribution in [2.24, 2.45) is 0 Å². The summed E-state index contributed by atoms with van der Waals surface area (Å²) in [4.78, 5) is 32.0. The van der Waals surface area contributed by atoms with E-state index < -0.39 is 0 Å². The number of carbonyl (C=O) groups is 2. The van der Waals surface area contributed by atoms with Gasteiger partial charge in [0, 0.05) is 46.0 Å². The van der Waals surface area contributed by atoms with Crippen molar-refractivity contribution in [3.63, 3.8) is 0 Å². The number of anilines is 1. The number of allylic oxidation sites excluding steroid dienone is 3. The SMILES string of the molecule is CCSc1sc(CC)cc1C1C(C(=O)Nc2cccnc2)=C(C)NC2=C1C(=O)CCC2. The lowest BCUT2D eigenvalue weighted by molar-refractivity contribution is -0.116. The molecule has 2 aromatic heterocycles. The Balaban J connectivity index is 1.84. The van der Waals surface area contributed by atoms with Crippen molar-refractivity contribution in [1.29, 1.82) is 0 Å². The van der Waals surface area contributed by atoms with Gasteiger partial charge in [-0.25, -0.2) is 0 Å². The number of nitrogens with one attached hydrogen (secondary N) is 2. The maximum absolute atomic E-state index is 13.5. The molecule has 1 amide bonds. The Labute approximate surface area is 191 Å². The van der Waals surface area contributed by atoms with E-state index in [2.05, 4.69) is 35.5 Å². The van der Waals surface area contributed by atoms with Crippen molar-refractivity contribution in [2.75, 3.05) is 11.1 Å². The molecule has 2 N–H and O–H groups in total. The first kappa shape index (κ1) is 21.8. The van der Waals surface area contributed by atoms with Crippen LogP contribution in [0.15, 0.2) is 57.3 Å². The van der Waals surface area contributed by atoms with E-state index in [1.165, 1.54) is 9.09 Å². The number of Topliss-reactive ketones (excluding diaryl/α,β-unsaturated/α-hetero) is 1. The zero-order chi connectivity index (χ0) is 22.0. The average Bonchev–Trinajstić information content (AvgIpc) is 3.16. The highest BCUT2D eigenvalue weighted by molar-refractivity contribution is 8.01. The lowest BCUT2D eigenvalue weighted by atomic mass is 9.75. The third-order valence-electron chi connectivity index (χ3n) is 5.65. The van der Waals surface area contributed by atoms with E-state index in [0.717, 1.165) is 47.5 Å². The first-order valence-corrected chi connectivity index (χ1v) is 12.5. The van der Waals surface area contributed by atoms with Gasteiger partial charge < -0.3 is 10.6 Å². The second-order valence-corrected chi connectivity index (χ2v) is 10.4. The molecular weight excluding hydrogens is 426 g/mol. The molecule has 3 heterocycles. The van der Waals surface area contributed by atoms with Crippen LogP contribution in [0, 0.1) is 0 Å². The van der Waals surface area contributed by atoms with Gasteiger partial charge in [-0.3, -0.25) is 14.6 Å². The van der Waals surface area contributed by atoms with Crippen molar-refractivity contribution in [3.05, 3.63) is 63.6 Å². The molecule has 1 aliphatic carbocycles. The smallest absolute Gasteiger partial charge is 0.254 e. The zero-order valence-corrected chi connectivity index (χ0v) is 19.7. The third-order valence-corrected chi connectivity index (χ3v) is 8.13. The van der Waals surface area contributed by atoms with Crippen LogP contribution in [0.2, 0.25) is 0 Å². The lowest BCUT2D eigenvalue weighted by Crippen LogP contribution is -2.35. The molecule has 5 nitrogen and oxygen atoms in total. The van der Waals surface area contributed by atoms with Crippen LogP contribution in [0.25, 0.3) is 0 Å². The fourth-order valence-electron chi connectivity index (χ4n) is 4.29. The topological polar surface area (TPSA) is 71.1 Å². The first-order valence-electron chi connectivity index (χ1n) is 10.7. The highest BCUT2D eigenvalue weighted by Gasteiger charge is 2.40. The Kier molecular flexibility index (Phi) is 6.62. The monoisotopic (exact) mass is 453 g/mol. The molecule has 1 unspecified atom stereocenters. The maximum Gasteiger partial charge on any atom is 0.254 e. The molecule has 0 aromatic carbocycles. The third kappa shape index (κ3) is 4.34. The summed E-state index contributed by atoms with van der Waals surface area (Å²) in [7, 11) is 0. The van der Waals surface area contributed by atoms with Gasteiger partial charge in [-0.2, -0.15) is 0 Å².